The van der Waals surface area contributed by atoms with Gasteiger partial charge in [-0.25, -0.2) is 9.87 Å². The highest BCUT2D eigenvalue weighted by Crippen LogP contribution is 2.56. The first-order chi connectivity index (χ1) is 14.4. The Morgan fingerprint density at radius 2 is 1.73 bits per heavy atom. The number of halogens is 1. The van der Waals surface area contributed by atoms with Crippen LogP contribution in [0.4, 0.5) is 4.39 Å². The maximum Gasteiger partial charge on any atom is 0.262 e. The lowest BCUT2D eigenvalue weighted by molar-refractivity contribution is -0.137. The highest BCUT2D eigenvalue weighted by Gasteiger charge is 2.49. The molecule has 30 heavy (non-hydrogen) atoms. The van der Waals surface area contributed by atoms with Crippen molar-refractivity contribution in [1.82, 2.24) is 9.79 Å². The van der Waals surface area contributed by atoms with Gasteiger partial charge in [0.15, 0.2) is 0 Å². The summed E-state index contributed by atoms with van der Waals surface area (Å²) in [6, 6.07) is 10.8. The summed E-state index contributed by atoms with van der Waals surface area (Å²) < 4.78 is 47.7. The first-order valence-electron chi connectivity index (χ1n) is 9.54. The number of ether oxygens (including phenoxy) is 2. The number of hydroxylamine groups is 1. The lowest BCUT2D eigenvalue weighted by Gasteiger charge is -2.50. The molecule has 2 aromatic carbocycles. The number of benzene rings is 2. The minimum Gasteiger partial charge on any atom is -0.457 e. The average Bonchev–Trinajstić information content (AvgIpc) is 3.23. The number of rotatable bonds is 5. The number of nitrogens with one attached hydrogen (secondary N) is 1. The molecule has 2 saturated heterocycles. The molecule has 1 amide bonds. The molecule has 0 saturated carbocycles. The summed E-state index contributed by atoms with van der Waals surface area (Å²) in [7, 11) is -3.50. The van der Waals surface area contributed by atoms with E-state index >= 15 is 0 Å². The summed E-state index contributed by atoms with van der Waals surface area (Å²) in [5, 5.41) is 9.19. The van der Waals surface area contributed by atoms with Crippen molar-refractivity contribution in [1.29, 1.82) is 0 Å². The molecule has 8 nitrogen and oxygen atoms in total. The SMILES string of the molecule is O=C(NO)[C@@H]1[C@@H]2CCO[C@@H]2CCN1S(O)(O)c1ccc(Oc2ccc(F)cc2)cc1. The van der Waals surface area contributed by atoms with Gasteiger partial charge in [0.2, 0.25) is 0 Å². The lowest BCUT2D eigenvalue weighted by Crippen LogP contribution is -2.56. The Morgan fingerprint density at radius 1 is 1.10 bits per heavy atom. The maximum absolute atomic E-state index is 13.0. The molecule has 4 N–H and O–H groups in total. The van der Waals surface area contributed by atoms with Crippen molar-refractivity contribution in [3.8, 4) is 11.5 Å². The predicted molar refractivity (Wildman–Crippen MR) is 107 cm³/mol. The second-order valence-electron chi connectivity index (χ2n) is 7.26. The lowest BCUT2D eigenvalue weighted by atomic mass is 9.87. The van der Waals surface area contributed by atoms with Crippen LogP contribution in [-0.4, -0.2) is 49.8 Å². The molecule has 0 spiro atoms. The Balaban J connectivity index is 1.55. The van der Waals surface area contributed by atoms with Gasteiger partial charge in [-0.1, -0.05) is 0 Å². The summed E-state index contributed by atoms with van der Waals surface area (Å²) >= 11 is 0. The van der Waals surface area contributed by atoms with Crippen molar-refractivity contribution >= 4 is 16.7 Å². The number of carbonyl (C=O) groups excluding carboxylic acids is 1. The third kappa shape index (κ3) is 4.02. The quantitative estimate of drug-likeness (QED) is 0.417. The van der Waals surface area contributed by atoms with Crippen LogP contribution in [0.1, 0.15) is 12.8 Å². The second kappa shape index (κ2) is 8.50. The van der Waals surface area contributed by atoms with Gasteiger partial charge < -0.3 is 9.47 Å². The fraction of sp³-hybridized carbons (Fsp3) is 0.350. The summed E-state index contributed by atoms with van der Waals surface area (Å²) in [5.41, 5.74) is 1.65. The zero-order chi connectivity index (χ0) is 21.3. The van der Waals surface area contributed by atoms with Crippen LogP contribution in [0.15, 0.2) is 53.4 Å². The first kappa shape index (κ1) is 21.0. The molecule has 0 aliphatic carbocycles. The zero-order valence-corrected chi connectivity index (χ0v) is 16.8. The number of fused-ring (bicyclic) bond motifs is 1. The van der Waals surface area contributed by atoms with Crippen LogP contribution in [-0.2, 0) is 9.53 Å². The van der Waals surface area contributed by atoms with Gasteiger partial charge in [0.05, 0.1) is 11.0 Å². The van der Waals surface area contributed by atoms with Crippen LogP contribution in [0.2, 0.25) is 0 Å². The van der Waals surface area contributed by atoms with E-state index in [0.717, 1.165) is 0 Å². The number of carbonyl (C=O) groups is 1. The van der Waals surface area contributed by atoms with Gasteiger partial charge in [-0.2, -0.15) is 4.31 Å². The Hall–Kier alpha value is -2.21. The van der Waals surface area contributed by atoms with E-state index in [1.807, 2.05) is 0 Å². The highest BCUT2D eigenvalue weighted by molar-refractivity contribution is 8.22. The van der Waals surface area contributed by atoms with Gasteiger partial charge in [0.1, 0.15) is 23.4 Å². The second-order valence-corrected chi connectivity index (χ2v) is 9.24. The van der Waals surface area contributed by atoms with Gasteiger partial charge in [-0.15, -0.1) is 10.8 Å². The van der Waals surface area contributed by atoms with Crippen molar-refractivity contribution < 1.29 is 33.0 Å². The molecule has 2 aliphatic heterocycles. The Morgan fingerprint density at radius 3 is 2.37 bits per heavy atom. The van der Waals surface area contributed by atoms with Crippen molar-refractivity contribution in [2.45, 2.75) is 29.9 Å². The molecule has 2 aliphatic rings. The van der Waals surface area contributed by atoms with Crippen LogP contribution < -0.4 is 10.2 Å². The van der Waals surface area contributed by atoms with Gasteiger partial charge >= 0.3 is 0 Å². The topological polar surface area (TPSA) is 111 Å². The number of amides is 1. The number of nitrogens with zero attached hydrogens (tertiary/aromatic N) is 1. The van der Waals surface area contributed by atoms with E-state index in [0.29, 0.717) is 30.9 Å². The molecule has 0 unspecified atom stereocenters. The molecular weight excluding hydrogens is 415 g/mol. The van der Waals surface area contributed by atoms with Crippen LogP contribution in [0.3, 0.4) is 0 Å². The molecule has 10 heteroatoms. The molecule has 0 bridgehead atoms. The fourth-order valence-corrected chi connectivity index (χ4v) is 5.77. The van der Waals surface area contributed by atoms with Crippen LogP contribution in [0, 0.1) is 11.7 Å². The van der Waals surface area contributed by atoms with Crippen molar-refractivity contribution in [3.05, 3.63) is 54.3 Å². The van der Waals surface area contributed by atoms with E-state index in [1.165, 1.54) is 40.7 Å². The number of hydrogen-bond acceptors (Lipinski definition) is 7. The smallest absolute Gasteiger partial charge is 0.262 e. The number of piperidine rings is 1. The van der Waals surface area contributed by atoms with E-state index in [1.54, 1.807) is 17.6 Å². The van der Waals surface area contributed by atoms with Crippen LogP contribution in [0.5, 0.6) is 11.5 Å². The molecule has 0 radical (unpaired) electrons. The molecule has 3 atom stereocenters. The van der Waals surface area contributed by atoms with Gasteiger partial charge in [0.25, 0.3) is 5.91 Å². The molecule has 2 aromatic rings. The minimum atomic E-state index is -3.50. The molecular formula is C20H23FN2O6S. The summed E-state index contributed by atoms with van der Waals surface area (Å²) in [6.45, 7) is 0.725. The van der Waals surface area contributed by atoms with Crippen LogP contribution in [0.25, 0.3) is 0 Å². The van der Waals surface area contributed by atoms with E-state index in [9.17, 15) is 23.5 Å². The average molecular weight is 438 g/mol. The predicted octanol–water partition coefficient (Wildman–Crippen LogP) is 3.63. The van der Waals surface area contributed by atoms with E-state index < -0.39 is 22.7 Å². The molecule has 0 aromatic heterocycles. The Bertz CT molecular complexity index is 895. The third-order valence-electron chi connectivity index (χ3n) is 5.51. The van der Waals surface area contributed by atoms with Gasteiger partial charge in [-0.3, -0.25) is 19.1 Å². The van der Waals surface area contributed by atoms with Crippen molar-refractivity contribution in [3.63, 3.8) is 0 Å². The monoisotopic (exact) mass is 438 g/mol. The first-order valence-corrected chi connectivity index (χ1v) is 11.0. The van der Waals surface area contributed by atoms with E-state index in [-0.39, 0.29) is 29.3 Å². The summed E-state index contributed by atoms with van der Waals surface area (Å²) in [4.78, 5) is 12.6. The highest BCUT2D eigenvalue weighted by atomic mass is 32.3. The maximum atomic E-state index is 13.0. The molecule has 162 valence electrons. The standard InChI is InChI=1S/C20H23FN2O6S/c21-13-1-3-14(4-2-13)29-15-5-7-16(8-6-15)30(26,27)23-11-9-18-17(10-12-28-18)19(23)20(24)22-25/h1-8,17-19,25-27H,9-12H2,(H,22,24)/t17-,18-,19+/m1/s1. The Kier molecular flexibility index (Phi) is 5.96. The molecule has 4 rings (SSSR count). The largest absolute Gasteiger partial charge is 0.457 e. The third-order valence-corrected chi connectivity index (χ3v) is 7.47. The van der Waals surface area contributed by atoms with Gasteiger partial charge in [0, 0.05) is 19.1 Å². The van der Waals surface area contributed by atoms with E-state index in [4.69, 9.17) is 9.47 Å². The van der Waals surface area contributed by atoms with Gasteiger partial charge in [-0.05, 0) is 61.4 Å². The zero-order valence-electron chi connectivity index (χ0n) is 16.0. The Labute approximate surface area is 174 Å². The normalized spacial score (nSPS) is 24.9. The molecule has 2 fully saturated rings. The van der Waals surface area contributed by atoms with Crippen molar-refractivity contribution in [2.75, 3.05) is 13.2 Å². The summed E-state index contributed by atoms with van der Waals surface area (Å²) in [5.74, 6) is -0.416. The minimum absolute atomic E-state index is 0.148. The van der Waals surface area contributed by atoms with Crippen molar-refractivity contribution in [2.24, 2.45) is 5.92 Å². The van der Waals surface area contributed by atoms with Crippen LogP contribution >= 0.6 is 10.8 Å². The van der Waals surface area contributed by atoms with E-state index in [2.05, 4.69) is 0 Å². The summed E-state index contributed by atoms with van der Waals surface area (Å²) in [6.07, 6.45) is 1.01. The fourth-order valence-electron chi connectivity index (χ4n) is 4.07. The molecule has 2 heterocycles. The number of hydrogen-bond donors (Lipinski definition) is 4.